The van der Waals surface area contributed by atoms with Crippen LogP contribution in [-0.2, 0) is 19.5 Å². The van der Waals surface area contributed by atoms with Gasteiger partial charge in [0.15, 0.2) is 0 Å². The molecule has 1 heterocycles. The minimum absolute atomic E-state index is 0. The van der Waals surface area contributed by atoms with Gasteiger partial charge >= 0.3 is 0 Å². The van der Waals surface area contributed by atoms with Crippen LogP contribution in [0, 0.1) is 34.6 Å². The van der Waals surface area contributed by atoms with E-state index in [0.717, 1.165) is 10.9 Å². The van der Waals surface area contributed by atoms with Crippen molar-refractivity contribution in [3.05, 3.63) is 70.1 Å². The fraction of sp³-hybridized carbons (Fsp3) is 0.263. The number of nitrogens with one attached hydrogen (secondary N) is 1. The second-order valence-corrected chi connectivity index (χ2v) is 5.51. The maximum absolute atomic E-state index is 7.50. The van der Waals surface area contributed by atoms with Crippen LogP contribution in [0.2, 0.25) is 0 Å². The van der Waals surface area contributed by atoms with E-state index >= 15 is 0 Å². The van der Waals surface area contributed by atoms with Crippen LogP contribution in [0.15, 0.2) is 36.5 Å². The van der Waals surface area contributed by atoms with Gasteiger partial charge in [-0.3, -0.25) is 4.98 Å². The fourth-order valence-corrected chi connectivity index (χ4v) is 2.51. The zero-order valence-electron chi connectivity index (χ0n) is 13.7. The van der Waals surface area contributed by atoms with Gasteiger partial charge in [-0.05, 0) is 11.5 Å². The first-order chi connectivity index (χ1) is 9.93. The molecule has 1 radical (unpaired) electrons. The molecular weight excluding hydrogens is 359 g/mol. The molecule has 22 heavy (non-hydrogen) atoms. The summed E-state index contributed by atoms with van der Waals surface area (Å²) in [6, 6.07) is 9.41. The number of fused-ring (bicyclic) bond motifs is 1. The van der Waals surface area contributed by atoms with E-state index in [1.54, 1.807) is 12.3 Å². The van der Waals surface area contributed by atoms with E-state index in [2.05, 4.69) is 39.6 Å². The monoisotopic (exact) mass is 381 g/mol. The number of hydrogen-bond acceptors (Lipinski definition) is 1. The second-order valence-electron chi connectivity index (χ2n) is 5.51. The molecule has 2 nitrogen and oxygen atoms in total. The van der Waals surface area contributed by atoms with Crippen molar-refractivity contribution in [3.8, 4) is 0 Å². The number of para-hydroxylation sites is 1. The Kier molecular flexibility index (Phi) is 6.38. The van der Waals surface area contributed by atoms with Crippen molar-refractivity contribution in [2.75, 3.05) is 0 Å². The van der Waals surface area contributed by atoms with Gasteiger partial charge in [0.25, 0.3) is 0 Å². The van der Waals surface area contributed by atoms with Crippen LogP contribution in [-0.4, -0.2) is 4.98 Å². The molecule has 0 atom stereocenters. The van der Waals surface area contributed by atoms with Crippen LogP contribution in [0.3, 0.4) is 0 Å². The molecule has 3 rings (SSSR count). The van der Waals surface area contributed by atoms with Gasteiger partial charge < -0.3 is 5.73 Å². The summed E-state index contributed by atoms with van der Waals surface area (Å²) < 4.78 is 0. The van der Waals surface area contributed by atoms with Gasteiger partial charge in [0.05, 0.1) is 5.52 Å². The Balaban J connectivity index is 0.000000212. The van der Waals surface area contributed by atoms with Crippen molar-refractivity contribution in [1.29, 1.82) is 0 Å². The van der Waals surface area contributed by atoms with Crippen LogP contribution in [0.25, 0.3) is 16.6 Å². The van der Waals surface area contributed by atoms with Gasteiger partial charge in [-0.15, -0.1) is 5.69 Å². The number of benzene rings is 1. The Morgan fingerprint density at radius 2 is 1.45 bits per heavy atom. The first-order valence-electron chi connectivity index (χ1n) is 7.18. The van der Waals surface area contributed by atoms with Crippen molar-refractivity contribution >= 4 is 16.6 Å². The Bertz CT molecular complexity index is 687. The van der Waals surface area contributed by atoms with Crippen LogP contribution >= 0.6 is 0 Å². The van der Waals surface area contributed by atoms with Gasteiger partial charge in [-0.2, -0.15) is 27.8 Å². The SMILES string of the molecule is Cc1c(C)c(C)[c-](C)c1C.[NH-]c1cccc2cccnc12.[Rh]. The first-order valence-corrected chi connectivity index (χ1v) is 7.18. The third kappa shape index (κ3) is 3.59. The summed E-state index contributed by atoms with van der Waals surface area (Å²) in [7, 11) is 0. The molecule has 1 aromatic heterocycles. The third-order valence-electron chi connectivity index (χ3n) is 4.45. The molecule has 1 N–H and O–H groups in total. The van der Waals surface area contributed by atoms with Crippen LogP contribution in [0.1, 0.15) is 27.8 Å². The standard InChI is InChI=1S/C10H15.C9H7N2.Rh/c1-6-7(2)9(4)10(5)8(6)3;10-8-5-1-3-7-4-2-6-11-9(7)8;/h1-5H3;1-6,10H;/q2*-1;. The van der Waals surface area contributed by atoms with Crippen molar-refractivity contribution in [2.45, 2.75) is 34.6 Å². The topological polar surface area (TPSA) is 36.7 Å². The summed E-state index contributed by atoms with van der Waals surface area (Å²) in [5, 5.41) is 1.03. The van der Waals surface area contributed by atoms with E-state index in [0.29, 0.717) is 5.69 Å². The summed E-state index contributed by atoms with van der Waals surface area (Å²) in [6.45, 7) is 11.0. The Morgan fingerprint density at radius 3 is 1.91 bits per heavy atom. The predicted molar refractivity (Wildman–Crippen MR) is 91.4 cm³/mol. The molecular formula is C19H22N2Rh-2. The third-order valence-corrected chi connectivity index (χ3v) is 4.45. The summed E-state index contributed by atoms with van der Waals surface area (Å²) in [6.07, 6.45) is 1.71. The van der Waals surface area contributed by atoms with E-state index < -0.39 is 0 Å². The molecule has 0 spiro atoms. The molecule has 0 aliphatic heterocycles. The molecule has 0 saturated heterocycles. The Hall–Kier alpha value is -1.60. The van der Waals surface area contributed by atoms with Gasteiger partial charge in [0.2, 0.25) is 0 Å². The zero-order valence-corrected chi connectivity index (χ0v) is 15.4. The zero-order chi connectivity index (χ0) is 15.6. The maximum atomic E-state index is 7.50. The molecule has 0 aliphatic carbocycles. The summed E-state index contributed by atoms with van der Waals surface area (Å²) in [5.74, 6) is 0. The average Bonchev–Trinajstić information content (AvgIpc) is 2.67. The van der Waals surface area contributed by atoms with E-state index in [1.807, 2.05) is 24.3 Å². The molecule has 0 aliphatic rings. The molecule has 0 fully saturated rings. The number of nitrogens with zero attached hydrogens (tertiary/aromatic N) is 1. The van der Waals surface area contributed by atoms with Crippen molar-refractivity contribution < 1.29 is 19.5 Å². The van der Waals surface area contributed by atoms with E-state index in [-0.39, 0.29) is 19.5 Å². The van der Waals surface area contributed by atoms with Crippen LogP contribution in [0.5, 0.6) is 0 Å². The van der Waals surface area contributed by atoms with E-state index in [1.165, 1.54) is 27.8 Å². The smallest absolute Gasteiger partial charge is 0.0551 e. The summed E-state index contributed by atoms with van der Waals surface area (Å²) >= 11 is 0. The molecule has 0 amide bonds. The Morgan fingerprint density at radius 1 is 0.909 bits per heavy atom. The minimum Gasteiger partial charge on any atom is -0.697 e. The Labute approximate surface area is 145 Å². The number of aromatic nitrogens is 1. The molecule has 2 aromatic carbocycles. The summed E-state index contributed by atoms with van der Waals surface area (Å²) in [5.41, 5.74) is 16.1. The van der Waals surface area contributed by atoms with E-state index in [9.17, 15) is 0 Å². The largest absolute Gasteiger partial charge is 0.697 e. The average molecular weight is 381 g/mol. The van der Waals surface area contributed by atoms with Crippen molar-refractivity contribution in [3.63, 3.8) is 0 Å². The predicted octanol–water partition coefficient (Wildman–Crippen LogP) is 5.86. The van der Waals surface area contributed by atoms with Crippen molar-refractivity contribution in [1.82, 2.24) is 4.98 Å². The van der Waals surface area contributed by atoms with Crippen molar-refractivity contribution in [2.24, 2.45) is 0 Å². The maximum Gasteiger partial charge on any atom is 0.0551 e. The quantitative estimate of drug-likeness (QED) is 0.355. The molecule has 0 unspecified atom stereocenters. The number of hydrogen-bond donors (Lipinski definition) is 0. The molecule has 0 saturated carbocycles. The number of rotatable bonds is 0. The van der Waals surface area contributed by atoms with Crippen LogP contribution < -0.4 is 0 Å². The molecule has 3 aromatic rings. The van der Waals surface area contributed by atoms with E-state index in [4.69, 9.17) is 5.73 Å². The second kappa shape index (κ2) is 7.60. The fourth-order valence-electron chi connectivity index (χ4n) is 2.51. The van der Waals surface area contributed by atoms with Gasteiger partial charge in [0, 0.05) is 25.7 Å². The first kappa shape index (κ1) is 18.5. The summed E-state index contributed by atoms with van der Waals surface area (Å²) in [4.78, 5) is 4.09. The molecule has 3 heteroatoms. The minimum atomic E-state index is 0. The van der Waals surface area contributed by atoms with Crippen LogP contribution in [0.4, 0.5) is 5.69 Å². The number of pyridine rings is 1. The molecule has 119 valence electrons. The van der Waals surface area contributed by atoms with Gasteiger partial charge in [-0.1, -0.05) is 58.9 Å². The van der Waals surface area contributed by atoms with Gasteiger partial charge in [-0.25, -0.2) is 0 Å². The van der Waals surface area contributed by atoms with Gasteiger partial charge in [0.1, 0.15) is 0 Å². The molecule has 0 bridgehead atoms. The normalized spacial score (nSPS) is 9.86.